The first kappa shape index (κ1) is 13.1. The summed E-state index contributed by atoms with van der Waals surface area (Å²) in [5.41, 5.74) is 0.0858. The van der Waals surface area contributed by atoms with Gasteiger partial charge in [0.2, 0.25) is 0 Å². The lowest BCUT2D eigenvalue weighted by molar-refractivity contribution is -0.146. The molecule has 0 radical (unpaired) electrons. The largest absolute Gasteiger partial charge is 0.453 e. The average Bonchev–Trinajstić information content (AvgIpc) is 2.94. The lowest BCUT2D eigenvalue weighted by Gasteiger charge is -2.13. The van der Waals surface area contributed by atoms with Gasteiger partial charge in [0.1, 0.15) is 5.82 Å². The molecule has 108 valence electrons. The van der Waals surface area contributed by atoms with E-state index in [1.807, 2.05) is 0 Å². The van der Waals surface area contributed by atoms with E-state index in [-0.39, 0.29) is 11.7 Å². The number of nitrogens with zero attached hydrogens (tertiary/aromatic N) is 4. The maximum Gasteiger partial charge on any atom is 0.453 e. The Bertz CT molecular complexity index is 621. The van der Waals surface area contributed by atoms with Crippen LogP contribution in [0.1, 0.15) is 32.0 Å². The van der Waals surface area contributed by atoms with Crippen LogP contribution in [-0.2, 0) is 6.18 Å². The summed E-state index contributed by atoms with van der Waals surface area (Å²) in [6, 6.07) is 3.38. The van der Waals surface area contributed by atoms with E-state index in [2.05, 4.69) is 27.5 Å². The van der Waals surface area contributed by atoms with Gasteiger partial charge >= 0.3 is 6.18 Å². The number of nitrogens with one attached hydrogen (secondary N) is 1. The lowest BCUT2D eigenvalue weighted by atomic mass is 10.1. The Morgan fingerprint density at radius 2 is 2.05 bits per heavy atom. The third-order valence-electron chi connectivity index (χ3n) is 3.56. The smallest absolute Gasteiger partial charge is 0.366 e. The molecule has 1 saturated carbocycles. The van der Waals surface area contributed by atoms with Crippen molar-refractivity contribution in [3.8, 4) is 0 Å². The summed E-state index contributed by atoms with van der Waals surface area (Å²) in [6.07, 6.45) is -1.42. The molecule has 5 nitrogen and oxygen atoms in total. The second-order valence-corrected chi connectivity index (χ2v) is 5.27. The minimum absolute atomic E-state index is 0.0858. The van der Waals surface area contributed by atoms with Crippen LogP contribution in [0, 0.1) is 5.92 Å². The van der Waals surface area contributed by atoms with Crippen molar-refractivity contribution in [3.63, 3.8) is 0 Å². The van der Waals surface area contributed by atoms with Gasteiger partial charge in [0.15, 0.2) is 5.65 Å². The Morgan fingerprint density at radius 1 is 1.25 bits per heavy atom. The van der Waals surface area contributed by atoms with Crippen LogP contribution in [0.4, 0.5) is 19.0 Å². The number of rotatable bonds is 2. The molecule has 1 N–H and O–H groups in total. The molecule has 2 unspecified atom stereocenters. The molecule has 1 fully saturated rings. The van der Waals surface area contributed by atoms with Crippen molar-refractivity contribution in [2.24, 2.45) is 5.92 Å². The van der Waals surface area contributed by atoms with Crippen molar-refractivity contribution < 1.29 is 13.2 Å². The topological polar surface area (TPSA) is 55.1 Å². The molecule has 0 amide bonds. The van der Waals surface area contributed by atoms with Gasteiger partial charge < -0.3 is 5.32 Å². The van der Waals surface area contributed by atoms with Crippen LogP contribution < -0.4 is 5.32 Å². The Balaban J connectivity index is 1.89. The Kier molecular flexibility index (Phi) is 3.02. The van der Waals surface area contributed by atoms with Gasteiger partial charge in [-0.2, -0.15) is 17.7 Å². The Morgan fingerprint density at radius 3 is 2.70 bits per heavy atom. The van der Waals surface area contributed by atoms with E-state index in [0.717, 1.165) is 23.8 Å². The lowest BCUT2D eigenvalue weighted by Crippen LogP contribution is -2.18. The molecular weight excluding hydrogens is 271 g/mol. The van der Waals surface area contributed by atoms with Crippen LogP contribution >= 0.6 is 0 Å². The number of alkyl halides is 3. The average molecular weight is 285 g/mol. The molecule has 2 aromatic heterocycles. The Labute approximate surface area is 113 Å². The molecule has 0 aromatic carbocycles. The van der Waals surface area contributed by atoms with Crippen molar-refractivity contribution in [2.45, 2.75) is 38.4 Å². The highest BCUT2D eigenvalue weighted by Gasteiger charge is 2.37. The molecular formula is C12H14F3N5. The van der Waals surface area contributed by atoms with Gasteiger partial charge in [0.25, 0.3) is 5.82 Å². The molecule has 1 aliphatic rings. The SMILES string of the molecule is CC1CCC(Nc2ccc3nnc(C(F)(F)F)n3n2)C1. The number of hydrogen-bond donors (Lipinski definition) is 1. The van der Waals surface area contributed by atoms with Crippen LogP contribution in [0.15, 0.2) is 12.1 Å². The third kappa shape index (κ3) is 2.41. The van der Waals surface area contributed by atoms with Crippen molar-refractivity contribution in [2.75, 3.05) is 5.32 Å². The molecule has 8 heteroatoms. The van der Waals surface area contributed by atoms with E-state index in [1.165, 1.54) is 6.07 Å². The highest BCUT2D eigenvalue weighted by atomic mass is 19.4. The van der Waals surface area contributed by atoms with Gasteiger partial charge in [-0.15, -0.1) is 15.3 Å². The van der Waals surface area contributed by atoms with E-state index >= 15 is 0 Å². The molecule has 0 aliphatic heterocycles. The zero-order chi connectivity index (χ0) is 14.3. The molecule has 20 heavy (non-hydrogen) atoms. The predicted molar refractivity (Wildman–Crippen MR) is 66.2 cm³/mol. The molecule has 2 aromatic rings. The molecule has 0 spiro atoms. The van der Waals surface area contributed by atoms with Crippen LogP contribution in [0.5, 0.6) is 0 Å². The first-order valence-corrected chi connectivity index (χ1v) is 6.49. The maximum absolute atomic E-state index is 12.8. The summed E-state index contributed by atoms with van der Waals surface area (Å²) in [7, 11) is 0. The summed E-state index contributed by atoms with van der Waals surface area (Å²) in [6.45, 7) is 2.17. The minimum Gasteiger partial charge on any atom is -0.366 e. The first-order valence-electron chi connectivity index (χ1n) is 6.49. The molecule has 2 heterocycles. The highest BCUT2D eigenvalue weighted by molar-refractivity contribution is 5.44. The van der Waals surface area contributed by atoms with Crippen molar-refractivity contribution in [1.29, 1.82) is 0 Å². The van der Waals surface area contributed by atoms with Crippen LogP contribution in [0.2, 0.25) is 0 Å². The predicted octanol–water partition coefficient (Wildman–Crippen LogP) is 2.74. The third-order valence-corrected chi connectivity index (χ3v) is 3.56. The van der Waals surface area contributed by atoms with Crippen molar-refractivity contribution in [3.05, 3.63) is 18.0 Å². The molecule has 3 rings (SSSR count). The number of fused-ring (bicyclic) bond motifs is 1. The molecule has 0 bridgehead atoms. The van der Waals surface area contributed by atoms with E-state index < -0.39 is 12.0 Å². The summed E-state index contributed by atoms with van der Waals surface area (Å²) in [4.78, 5) is 0. The number of anilines is 1. The zero-order valence-corrected chi connectivity index (χ0v) is 10.9. The summed E-state index contributed by atoms with van der Waals surface area (Å²) < 4.78 is 39.0. The van der Waals surface area contributed by atoms with Gasteiger partial charge in [-0.3, -0.25) is 0 Å². The summed E-state index contributed by atoms with van der Waals surface area (Å²) >= 11 is 0. The minimum atomic E-state index is -4.56. The number of aromatic nitrogens is 4. The number of halogens is 3. The van der Waals surface area contributed by atoms with E-state index in [4.69, 9.17) is 0 Å². The fourth-order valence-electron chi connectivity index (χ4n) is 2.59. The molecule has 2 atom stereocenters. The van der Waals surface area contributed by atoms with Gasteiger partial charge in [0.05, 0.1) is 0 Å². The van der Waals surface area contributed by atoms with Crippen LogP contribution in [-0.4, -0.2) is 25.9 Å². The molecule has 0 saturated heterocycles. The van der Waals surface area contributed by atoms with Gasteiger partial charge in [-0.25, -0.2) is 0 Å². The summed E-state index contributed by atoms with van der Waals surface area (Å²) in [5.74, 6) is -0.0466. The van der Waals surface area contributed by atoms with Crippen LogP contribution in [0.3, 0.4) is 0 Å². The van der Waals surface area contributed by atoms with Crippen LogP contribution in [0.25, 0.3) is 5.65 Å². The highest BCUT2D eigenvalue weighted by Crippen LogP contribution is 2.29. The van der Waals surface area contributed by atoms with Crippen molar-refractivity contribution >= 4 is 11.5 Å². The standard InChI is InChI=1S/C12H14F3N5/c1-7-2-3-8(6-7)16-9-4-5-10-17-18-11(12(13,14)15)20(10)19-9/h4-5,7-8H,2-3,6H2,1H3,(H,16,19). The van der Waals surface area contributed by atoms with Gasteiger partial charge in [0, 0.05) is 6.04 Å². The summed E-state index contributed by atoms with van der Waals surface area (Å²) in [5, 5.41) is 13.7. The van der Waals surface area contributed by atoms with E-state index in [0.29, 0.717) is 11.7 Å². The first-order chi connectivity index (χ1) is 9.43. The second kappa shape index (κ2) is 4.60. The fourth-order valence-corrected chi connectivity index (χ4v) is 2.59. The van der Waals surface area contributed by atoms with Gasteiger partial charge in [-0.1, -0.05) is 6.92 Å². The normalized spacial score (nSPS) is 23.4. The zero-order valence-electron chi connectivity index (χ0n) is 10.9. The maximum atomic E-state index is 12.8. The Hall–Kier alpha value is -1.86. The monoisotopic (exact) mass is 285 g/mol. The quantitative estimate of drug-likeness (QED) is 0.921. The molecule has 1 aliphatic carbocycles. The van der Waals surface area contributed by atoms with Crippen molar-refractivity contribution in [1.82, 2.24) is 19.8 Å². The fraction of sp³-hybridized carbons (Fsp3) is 0.583. The second-order valence-electron chi connectivity index (χ2n) is 5.27. The number of hydrogen-bond acceptors (Lipinski definition) is 4. The van der Waals surface area contributed by atoms with E-state index in [1.54, 1.807) is 6.07 Å². The van der Waals surface area contributed by atoms with Gasteiger partial charge in [-0.05, 0) is 37.3 Å². The van der Waals surface area contributed by atoms with E-state index in [9.17, 15) is 13.2 Å².